The zero-order chi connectivity index (χ0) is 5.70. The lowest BCUT2D eigenvalue weighted by Gasteiger charge is -1.87. The standard InChI is InChI=1S/C4H3Br2I/c5-3-4(6)1-2-7/h4H,3H2. The van der Waals surface area contributed by atoms with E-state index in [-0.39, 0.29) is 0 Å². The lowest BCUT2D eigenvalue weighted by Crippen LogP contribution is -1.91. The minimum Gasteiger partial charge on any atom is -0.0905 e. The van der Waals surface area contributed by atoms with Crippen molar-refractivity contribution < 1.29 is 0 Å². The highest BCUT2D eigenvalue weighted by molar-refractivity contribution is 14.1. The molecule has 0 nitrogen and oxygen atoms in total. The zero-order valence-electron chi connectivity index (χ0n) is 3.42. The van der Waals surface area contributed by atoms with E-state index >= 15 is 0 Å². The van der Waals surface area contributed by atoms with Gasteiger partial charge in [-0.05, 0) is 3.93 Å². The van der Waals surface area contributed by atoms with Gasteiger partial charge < -0.3 is 0 Å². The Kier molecular flexibility index (Phi) is 6.35. The van der Waals surface area contributed by atoms with E-state index in [0.29, 0.717) is 4.83 Å². The van der Waals surface area contributed by atoms with Crippen LogP contribution in [0.3, 0.4) is 0 Å². The van der Waals surface area contributed by atoms with E-state index in [0.717, 1.165) is 5.33 Å². The van der Waals surface area contributed by atoms with E-state index < -0.39 is 0 Å². The summed E-state index contributed by atoms with van der Waals surface area (Å²) in [5, 5.41) is 0.892. The monoisotopic (exact) mass is 336 g/mol. The quantitative estimate of drug-likeness (QED) is 0.392. The van der Waals surface area contributed by atoms with Crippen molar-refractivity contribution in [2.45, 2.75) is 4.83 Å². The third-order valence-corrected chi connectivity index (χ3v) is 2.73. The minimum atomic E-state index is 0.310. The first kappa shape index (κ1) is 8.25. The molecular weight excluding hydrogens is 335 g/mol. The summed E-state index contributed by atoms with van der Waals surface area (Å²) in [6, 6.07) is 0. The summed E-state index contributed by atoms with van der Waals surface area (Å²) in [6.07, 6.45) is 0. The number of rotatable bonds is 1. The Balaban J connectivity index is 3.29. The Bertz CT molecular complexity index is 91.6. The molecule has 40 valence electrons. The molecule has 0 radical (unpaired) electrons. The van der Waals surface area contributed by atoms with E-state index in [1.807, 2.05) is 22.6 Å². The van der Waals surface area contributed by atoms with Gasteiger partial charge in [-0.15, -0.1) is 0 Å². The highest BCUT2D eigenvalue weighted by Crippen LogP contribution is 2.00. The molecule has 0 aromatic rings. The molecule has 7 heavy (non-hydrogen) atoms. The number of halogens is 3. The van der Waals surface area contributed by atoms with Gasteiger partial charge in [-0.25, -0.2) is 0 Å². The molecule has 1 unspecified atom stereocenters. The smallest absolute Gasteiger partial charge is 0.0859 e. The Morgan fingerprint density at radius 1 is 1.71 bits per heavy atom. The molecule has 0 amide bonds. The molecule has 0 aliphatic heterocycles. The van der Waals surface area contributed by atoms with Crippen LogP contribution in [0.1, 0.15) is 0 Å². The molecule has 0 N–H and O–H groups in total. The average molecular weight is 338 g/mol. The topological polar surface area (TPSA) is 0 Å². The van der Waals surface area contributed by atoms with Gasteiger partial charge in [0.05, 0.1) is 4.83 Å². The van der Waals surface area contributed by atoms with E-state index in [9.17, 15) is 0 Å². The van der Waals surface area contributed by atoms with E-state index in [1.165, 1.54) is 0 Å². The highest BCUT2D eigenvalue weighted by Gasteiger charge is 1.90. The van der Waals surface area contributed by atoms with Gasteiger partial charge in [-0.2, -0.15) is 0 Å². The largest absolute Gasteiger partial charge is 0.0905 e. The van der Waals surface area contributed by atoms with E-state index in [4.69, 9.17) is 0 Å². The second kappa shape index (κ2) is 5.39. The summed E-state index contributed by atoms with van der Waals surface area (Å²) in [5.74, 6) is 2.90. The summed E-state index contributed by atoms with van der Waals surface area (Å²) in [4.78, 5) is 0.310. The molecule has 0 aliphatic carbocycles. The first-order chi connectivity index (χ1) is 3.31. The van der Waals surface area contributed by atoms with Gasteiger partial charge >= 0.3 is 0 Å². The third-order valence-electron chi connectivity index (χ3n) is 0.347. The number of hydrogen-bond donors (Lipinski definition) is 0. The van der Waals surface area contributed by atoms with Crippen molar-refractivity contribution in [3.63, 3.8) is 0 Å². The predicted molar refractivity (Wildman–Crippen MR) is 48.3 cm³/mol. The maximum Gasteiger partial charge on any atom is 0.0859 e. The van der Waals surface area contributed by atoms with Gasteiger partial charge in [0, 0.05) is 27.9 Å². The Morgan fingerprint density at radius 2 is 2.29 bits per heavy atom. The summed E-state index contributed by atoms with van der Waals surface area (Å²) >= 11 is 8.59. The molecule has 0 aromatic carbocycles. The lowest BCUT2D eigenvalue weighted by atomic mass is 10.5. The molecule has 0 rings (SSSR count). The fraction of sp³-hybridized carbons (Fsp3) is 0.500. The van der Waals surface area contributed by atoms with Crippen LogP contribution in [0.25, 0.3) is 0 Å². The summed E-state index contributed by atoms with van der Waals surface area (Å²) in [6.45, 7) is 0. The normalized spacial score (nSPS) is 11.9. The minimum absolute atomic E-state index is 0.310. The van der Waals surface area contributed by atoms with Crippen molar-refractivity contribution in [2.24, 2.45) is 0 Å². The fourth-order valence-electron chi connectivity index (χ4n) is 0.0978. The maximum absolute atomic E-state index is 3.31. The average Bonchev–Trinajstić information content (AvgIpc) is 1.68. The van der Waals surface area contributed by atoms with Crippen LogP contribution in [0.5, 0.6) is 0 Å². The molecule has 0 aromatic heterocycles. The fourth-order valence-corrected chi connectivity index (χ4v) is 1.18. The molecule has 0 aliphatic rings. The van der Waals surface area contributed by atoms with Crippen molar-refractivity contribution >= 4 is 54.5 Å². The van der Waals surface area contributed by atoms with Gasteiger partial charge in [-0.1, -0.05) is 37.8 Å². The summed E-state index contributed by atoms with van der Waals surface area (Å²) in [5.41, 5.74) is 0. The number of hydrogen-bond acceptors (Lipinski definition) is 0. The summed E-state index contributed by atoms with van der Waals surface area (Å²) < 4.78 is 2.76. The van der Waals surface area contributed by atoms with Crippen LogP contribution in [0.4, 0.5) is 0 Å². The van der Waals surface area contributed by atoms with Gasteiger partial charge in [0.15, 0.2) is 0 Å². The molecule has 0 spiro atoms. The van der Waals surface area contributed by atoms with Gasteiger partial charge in [0.25, 0.3) is 0 Å². The maximum atomic E-state index is 3.31. The number of alkyl halides is 2. The molecule has 0 fully saturated rings. The van der Waals surface area contributed by atoms with Crippen LogP contribution in [0.2, 0.25) is 0 Å². The molecule has 0 heterocycles. The predicted octanol–water partition coefficient (Wildman–Crippen LogP) is 2.54. The van der Waals surface area contributed by atoms with Crippen molar-refractivity contribution in [2.75, 3.05) is 5.33 Å². The highest BCUT2D eigenvalue weighted by atomic mass is 127. The van der Waals surface area contributed by atoms with Crippen molar-refractivity contribution in [1.29, 1.82) is 0 Å². The van der Waals surface area contributed by atoms with Gasteiger partial charge in [0.2, 0.25) is 0 Å². The SMILES string of the molecule is BrCC(Br)C#CI. The van der Waals surface area contributed by atoms with Crippen LogP contribution in [-0.4, -0.2) is 10.2 Å². The second-order valence-electron chi connectivity index (χ2n) is 0.861. The van der Waals surface area contributed by atoms with Crippen molar-refractivity contribution in [3.05, 3.63) is 0 Å². The molecule has 0 saturated carbocycles. The van der Waals surface area contributed by atoms with Crippen LogP contribution in [0, 0.1) is 9.85 Å². The molecule has 3 heteroatoms. The summed E-state index contributed by atoms with van der Waals surface area (Å²) in [7, 11) is 0. The van der Waals surface area contributed by atoms with Gasteiger partial charge in [-0.3, -0.25) is 0 Å². The molecule has 0 bridgehead atoms. The van der Waals surface area contributed by atoms with Crippen LogP contribution >= 0.6 is 54.5 Å². The second-order valence-corrected chi connectivity index (χ2v) is 3.15. The third kappa shape index (κ3) is 5.12. The van der Waals surface area contributed by atoms with Crippen molar-refractivity contribution in [1.82, 2.24) is 0 Å². The van der Waals surface area contributed by atoms with Crippen molar-refractivity contribution in [3.8, 4) is 9.85 Å². The van der Waals surface area contributed by atoms with Gasteiger partial charge in [0.1, 0.15) is 0 Å². The van der Waals surface area contributed by atoms with Crippen LogP contribution < -0.4 is 0 Å². The molecule has 0 saturated heterocycles. The lowest BCUT2D eigenvalue weighted by molar-refractivity contribution is 1.38. The Morgan fingerprint density at radius 3 is 2.43 bits per heavy atom. The molecular formula is C4H3Br2I. The van der Waals surface area contributed by atoms with Crippen LogP contribution in [-0.2, 0) is 0 Å². The van der Waals surface area contributed by atoms with Crippen LogP contribution in [0.15, 0.2) is 0 Å². The first-order valence-corrected chi connectivity index (χ1v) is 4.74. The first-order valence-electron chi connectivity index (χ1n) is 1.62. The van der Waals surface area contributed by atoms with E-state index in [1.54, 1.807) is 0 Å². The zero-order valence-corrected chi connectivity index (χ0v) is 8.75. The Hall–Kier alpha value is 1.25. The molecule has 1 atom stereocenters. The van der Waals surface area contributed by atoms with E-state index in [2.05, 4.69) is 41.7 Å². The Labute approximate surface area is 73.8 Å².